The summed E-state index contributed by atoms with van der Waals surface area (Å²) in [5.74, 6) is -0.505. The number of nitrogens with zero attached hydrogens (tertiary/aromatic N) is 3. The fourth-order valence-electron chi connectivity index (χ4n) is 2.02. The third-order valence-electron chi connectivity index (χ3n) is 3.02. The second-order valence-electron chi connectivity index (χ2n) is 4.92. The molecule has 2 rings (SSSR count). The summed E-state index contributed by atoms with van der Waals surface area (Å²) in [4.78, 5) is 30.7. The van der Waals surface area contributed by atoms with Crippen LogP contribution in [0.15, 0.2) is 17.8 Å². The molecule has 21 heavy (non-hydrogen) atoms. The van der Waals surface area contributed by atoms with Crippen molar-refractivity contribution in [3.63, 3.8) is 0 Å². The summed E-state index contributed by atoms with van der Waals surface area (Å²) in [7, 11) is 0. The van der Waals surface area contributed by atoms with Crippen LogP contribution in [0.4, 0.5) is 0 Å². The number of ether oxygens (including phenoxy) is 1. The molecule has 0 bridgehead atoms. The number of hydrogen-bond acceptors (Lipinski definition) is 5. The molecule has 0 saturated carbocycles. The molecule has 2 heterocycles. The molecule has 0 aromatic carbocycles. The van der Waals surface area contributed by atoms with Crippen LogP contribution in [0.25, 0.3) is 4.96 Å². The number of hydrogen-bond donors (Lipinski definition) is 0. The van der Waals surface area contributed by atoms with Crippen LogP contribution in [0.1, 0.15) is 26.5 Å². The van der Waals surface area contributed by atoms with Gasteiger partial charge in [-0.2, -0.15) is 0 Å². The SMILES string of the molecule is CCOC(=O)CN(C(=O)Cc1cn2ccsc2n1)C(C)C. The van der Waals surface area contributed by atoms with E-state index in [9.17, 15) is 9.59 Å². The molecule has 2 aromatic rings. The Balaban J connectivity index is 2.04. The van der Waals surface area contributed by atoms with Crippen LogP contribution in [-0.2, 0) is 20.7 Å². The molecular weight excluding hydrogens is 290 g/mol. The first kappa shape index (κ1) is 15.5. The van der Waals surface area contributed by atoms with Gasteiger partial charge in [-0.3, -0.25) is 14.0 Å². The molecule has 0 atom stereocenters. The van der Waals surface area contributed by atoms with Crippen molar-refractivity contribution in [2.24, 2.45) is 0 Å². The van der Waals surface area contributed by atoms with E-state index in [0.29, 0.717) is 12.3 Å². The van der Waals surface area contributed by atoms with Crippen molar-refractivity contribution >= 4 is 28.2 Å². The van der Waals surface area contributed by atoms with Crippen molar-refractivity contribution in [2.45, 2.75) is 33.2 Å². The maximum absolute atomic E-state index is 12.4. The molecule has 2 aromatic heterocycles. The standard InChI is InChI=1S/C14H19N3O3S/c1-4-20-13(19)9-17(10(2)3)12(18)7-11-8-16-5-6-21-14(16)15-11/h5-6,8,10H,4,7,9H2,1-3H3. The average Bonchev–Trinajstić information content (AvgIpc) is 2.96. The predicted octanol–water partition coefficient (Wildman–Crippen LogP) is 1.74. The van der Waals surface area contributed by atoms with E-state index >= 15 is 0 Å². The molecule has 0 spiro atoms. The summed E-state index contributed by atoms with van der Waals surface area (Å²) in [6.07, 6.45) is 3.93. The first-order valence-electron chi connectivity index (χ1n) is 6.87. The summed E-state index contributed by atoms with van der Waals surface area (Å²) in [5.41, 5.74) is 0.710. The van der Waals surface area contributed by atoms with Gasteiger partial charge in [0, 0.05) is 23.8 Å². The molecule has 0 fully saturated rings. The Morgan fingerprint density at radius 1 is 1.48 bits per heavy atom. The second kappa shape index (κ2) is 6.71. The van der Waals surface area contributed by atoms with Crippen LogP contribution < -0.4 is 0 Å². The van der Waals surface area contributed by atoms with Crippen molar-refractivity contribution in [1.82, 2.24) is 14.3 Å². The van der Waals surface area contributed by atoms with E-state index in [-0.39, 0.29) is 30.9 Å². The van der Waals surface area contributed by atoms with Crippen LogP contribution in [0.5, 0.6) is 0 Å². The lowest BCUT2D eigenvalue weighted by Gasteiger charge is -2.25. The van der Waals surface area contributed by atoms with Gasteiger partial charge in [-0.25, -0.2) is 4.98 Å². The molecule has 6 nitrogen and oxygen atoms in total. The van der Waals surface area contributed by atoms with Crippen LogP contribution in [0.2, 0.25) is 0 Å². The van der Waals surface area contributed by atoms with Crippen molar-refractivity contribution < 1.29 is 14.3 Å². The Bertz CT molecular complexity index is 604. The quantitative estimate of drug-likeness (QED) is 0.763. The zero-order valence-corrected chi connectivity index (χ0v) is 13.2. The summed E-state index contributed by atoms with van der Waals surface area (Å²) in [6.45, 7) is 5.80. The van der Waals surface area contributed by atoms with Crippen LogP contribution >= 0.6 is 11.3 Å². The van der Waals surface area contributed by atoms with E-state index < -0.39 is 0 Å². The smallest absolute Gasteiger partial charge is 0.325 e. The van der Waals surface area contributed by atoms with Gasteiger partial charge in [0.05, 0.1) is 18.7 Å². The summed E-state index contributed by atoms with van der Waals surface area (Å²) >= 11 is 1.52. The van der Waals surface area contributed by atoms with Gasteiger partial charge >= 0.3 is 5.97 Å². The van der Waals surface area contributed by atoms with Crippen molar-refractivity contribution in [3.05, 3.63) is 23.5 Å². The first-order chi connectivity index (χ1) is 10.0. The number of aromatic nitrogens is 2. The van der Waals surface area contributed by atoms with E-state index in [1.165, 1.54) is 16.2 Å². The lowest BCUT2D eigenvalue weighted by Crippen LogP contribution is -2.42. The van der Waals surface area contributed by atoms with Gasteiger partial charge in [0.1, 0.15) is 6.54 Å². The second-order valence-corrected chi connectivity index (χ2v) is 5.80. The number of amides is 1. The molecule has 0 aliphatic carbocycles. The third kappa shape index (κ3) is 3.81. The van der Waals surface area contributed by atoms with Gasteiger partial charge in [0.25, 0.3) is 0 Å². The molecule has 0 aliphatic heterocycles. The fraction of sp³-hybridized carbons (Fsp3) is 0.500. The first-order valence-corrected chi connectivity index (χ1v) is 7.75. The summed E-state index contributed by atoms with van der Waals surface area (Å²) in [5, 5.41) is 1.94. The van der Waals surface area contributed by atoms with Crippen LogP contribution in [-0.4, -0.2) is 45.4 Å². The Morgan fingerprint density at radius 2 is 2.24 bits per heavy atom. The minimum atomic E-state index is -0.384. The Hall–Kier alpha value is -1.89. The molecule has 114 valence electrons. The van der Waals surface area contributed by atoms with E-state index in [1.807, 2.05) is 36.0 Å². The topological polar surface area (TPSA) is 63.9 Å². The molecule has 0 radical (unpaired) electrons. The highest BCUT2D eigenvalue weighted by atomic mass is 32.1. The highest BCUT2D eigenvalue weighted by Gasteiger charge is 2.22. The minimum absolute atomic E-state index is 0.0213. The lowest BCUT2D eigenvalue weighted by molar-refractivity contribution is -0.149. The zero-order chi connectivity index (χ0) is 15.4. The van der Waals surface area contributed by atoms with Crippen molar-refractivity contribution in [2.75, 3.05) is 13.2 Å². The maximum Gasteiger partial charge on any atom is 0.325 e. The van der Waals surface area contributed by atoms with Gasteiger partial charge in [-0.1, -0.05) is 0 Å². The molecule has 0 N–H and O–H groups in total. The number of esters is 1. The Morgan fingerprint density at radius 3 is 2.86 bits per heavy atom. The van der Waals surface area contributed by atoms with Gasteiger partial charge in [-0.05, 0) is 20.8 Å². The largest absolute Gasteiger partial charge is 0.465 e. The van der Waals surface area contributed by atoms with E-state index in [1.54, 1.807) is 6.92 Å². The molecular formula is C14H19N3O3S. The van der Waals surface area contributed by atoms with Gasteiger partial charge in [0.15, 0.2) is 4.96 Å². The number of imidazole rings is 1. The van der Waals surface area contributed by atoms with Gasteiger partial charge in [0.2, 0.25) is 5.91 Å². The van der Waals surface area contributed by atoms with Crippen LogP contribution in [0.3, 0.4) is 0 Å². The van der Waals surface area contributed by atoms with Crippen molar-refractivity contribution in [1.29, 1.82) is 0 Å². The van der Waals surface area contributed by atoms with Gasteiger partial charge in [-0.15, -0.1) is 11.3 Å². The predicted molar refractivity (Wildman–Crippen MR) is 80.3 cm³/mol. The monoisotopic (exact) mass is 309 g/mol. The van der Waals surface area contributed by atoms with E-state index in [2.05, 4.69) is 4.98 Å². The molecule has 0 saturated heterocycles. The molecule has 0 unspecified atom stereocenters. The fourth-order valence-corrected chi connectivity index (χ4v) is 2.74. The Labute approximate surface area is 127 Å². The van der Waals surface area contributed by atoms with Crippen molar-refractivity contribution in [3.8, 4) is 0 Å². The summed E-state index contributed by atoms with van der Waals surface area (Å²) < 4.78 is 6.79. The highest BCUT2D eigenvalue weighted by molar-refractivity contribution is 7.15. The minimum Gasteiger partial charge on any atom is -0.465 e. The van der Waals surface area contributed by atoms with Gasteiger partial charge < -0.3 is 9.64 Å². The number of carbonyl (C=O) groups is 2. The Kier molecular flexibility index (Phi) is 4.95. The summed E-state index contributed by atoms with van der Waals surface area (Å²) in [6, 6.07) is -0.0642. The molecule has 1 amide bonds. The number of fused-ring (bicyclic) bond motifs is 1. The third-order valence-corrected chi connectivity index (χ3v) is 3.79. The van der Waals surface area contributed by atoms with Crippen LogP contribution in [0, 0.1) is 0 Å². The highest BCUT2D eigenvalue weighted by Crippen LogP contribution is 2.13. The molecule has 0 aliphatic rings. The van der Waals surface area contributed by atoms with E-state index in [0.717, 1.165) is 4.96 Å². The molecule has 7 heteroatoms. The maximum atomic E-state index is 12.4. The average molecular weight is 309 g/mol. The normalized spacial score (nSPS) is 11.0. The van der Waals surface area contributed by atoms with E-state index in [4.69, 9.17) is 4.74 Å². The zero-order valence-electron chi connectivity index (χ0n) is 12.4. The lowest BCUT2D eigenvalue weighted by atomic mass is 10.2. The number of carbonyl (C=O) groups excluding carboxylic acids is 2. The number of rotatable bonds is 6. The number of thiazole rings is 1.